The third-order valence-corrected chi connectivity index (χ3v) is 4.92. The number of nitrogens with one attached hydrogen (secondary N) is 1. The molecule has 1 saturated heterocycles. The SMILES string of the molecule is CCCNCc1ccc(SC2CCOCC2)cc1Cl. The summed E-state index contributed by atoms with van der Waals surface area (Å²) in [6.07, 6.45) is 3.43. The Labute approximate surface area is 125 Å². The van der Waals surface area contributed by atoms with Gasteiger partial charge in [-0.25, -0.2) is 0 Å². The number of ether oxygens (including phenoxy) is 1. The highest BCUT2D eigenvalue weighted by Crippen LogP contribution is 2.32. The molecular formula is C15H22ClNOS. The molecule has 1 N–H and O–H groups in total. The first-order valence-corrected chi connectivity index (χ1v) is 8.29. The number of halogens is 1. The van der Waals surface area contributed by atoms with E-state index in [4.69, 9.17) is 16.3 Å². The van der Waals surface area contributed by atoms with E-state index in [1.807, 2.05) is 11.8 Å². The Balaban J connectivity index is 1.90. The molecule has 19 heavy (non-hydrogen) atoms. The van der Waals surface area contributed by atoms with E-state index >= 15 is 0 Å². The van der Waals surface area contributed by atoms with Gasteiger partial charge in [0.2, 0.25) is 0 Å². The van der Waals surface area contributed by atoms with E-state index in [1.165, 1.54) is 10.5 Å². The maximum absolute atomic E-state index is 6.35. The van der Waals surface area contributed by atoms with Gasteiger partial charge < -0.3 is 10.1 Å². The number of thioether (sulfide) groups is 1. The van der Waals surface area contributed by atoms with Crippen molar-refractivity contribution in [2.24, 2.45) is 0 Å². The number of rotatable bonds is 6. The van der Waals surface area contributed by atoms with Crippen molar-refractivity contribution in [1.82, 2.24) is 5.32 Å². The number of hydrogen-bond donors (Lipinski definition) is 1. The van der Waals surface area contributed by atoms with Gasteiger partial charge in [0.05, 0.1) is 0 Å². The summed E-state index contributed by atoms with van der Waals surface area (Å²) in [7, 11) is 0. The molecule has 106 valence electrons. The highest BCUT2D eigenvalue weighted by Gasteiger charge is 2.15. The molecule has 0 unspecified atom stereocenters. The van der Waals surface area contributed by atoms with Gasteiger partial charge in [0.1, 0.15) is 0 Å². The molecule has 1 fully saturated rings. The van der Waals surface area contributed by atoms with Crippen molar-refractivity contribution in [3.05, 3.63) is 28.8 Å². The van der Waals surface area contributed by atoms with Gasteiger partial charge in [-0.3, -0.25) is 0 Å². The molecule has 1 aromatic rings. The Morgan fingerprint density at radius 2 is 2.16 bits per heavy atom. The van der Waals surface area contributed by atoms with Crippen LogP contribution in [0.1, 0.15) is 31.7 Å². The fourth-order valence-electron chi connectivity index (χ4n) is 2.13. The van der Waals surface area contributed by atoms with Crippen molar-refractivity contribution in [3.8, 4) is 0 Å². The Morgan fingerprint density at radius 1 is 1.37 bits per heavy atom. The van der Waals surface area contributed by atoms with Gasteiger partial charge in [0.25, 0.3) is 0 Å². The second-order valence-corrected chi connectivity index (χ2v) is 6.64. The van der Waals surface area contributed by atoms with Crippen molar-refractivity contribution < 1.29 is 4.74 Å². The van der Waals surface area contributed by atoms with Crippen LogP contribution < -0.4 is 5.32 Å². The lowest BCUT2D eigenvalue weighted by Crippen LogP contribution is -2.17. The van der Waals surface area contributed by atoms with Gasteiger partial charge in [0, 0.05) is 34.9 Å². The average molecular weight is 300 g/mol. The van der Waals surface area contributed by atoms with E-state index in [0.29, 0.717) is 5.25 Å². The summed E-state index contributed by atoms with van der Waals surface area (Å²) in [6, 6.07) is 6.44. The van der Waals surface area contributed by atoms with Crippen molar-refractivity contribution in [1.29, 1.82) is 0 Å². The largest absolute Gasteiger partial charge is 0.381 e. The van der Waals surface area contributed by atoms with Gasteiger partial charge in [-0.15, -0.1) is 11.8 Å². The molecule has 1 aliphatic rings. The van der Waals surface area contributed by atoms with E-state index in [9.17, 15) is 0 Å². The summed E-state index contributed by atoms with van der Waals surface area (Å²) >= 11 is 8.28. The highest BCUT2D eigenvalue weighted by atomic mass is 35.5. The predicted molar refractivity (Wildman–Crippen MR) is 83.1 cm³/mol. The number of benzene rings is 1. The maximum atomic E-state index is 6.35. The van der Waals surface area contributed by atoms with E-state index < -0.39 is 0 Å². The molecule has 0 amide bonds. The van der Waals surface area contributed by atoms with Crippen LogP contribution in [-0.4, -0.2) is 25.0 Å². The fraction of sp³-hybridized carbons (Fsp3) is 0.600. The van der Waals surface area contributed by atoms with Gasteiger partial charge in [-0.05, 0) is 43.5 Å². The van der Waals surface area contributed by atoms with Crippen LogP contribution in [0.2, 0.25) is 5.02 Å². The molecule has 1 heterocycles. The minimum atomic E-state index is 0.675. The van der Waals surface area contributed by atoms with E-state index in [2.05, 4.69) is 30.4 Å². The summed E-state index contributed by atoms with van der Waals surface area (Å²) in [5.74, 6) is 0. The predicted octanol–water partition coefficient (Wildman–Crippen LogP) is 4.11. The zero-order chi connectivity index (χ0) is 13.5. The second-order valence-electron chi connectivity index (χ2n) is 4.86. The lowest BCUT2D eigenvalue weighted by molar-refractivity contribution is 0.100. The van der Waals surface area contributed by atoms with Crippen LogP contribution in [0, 0.1) is 0 Å². The lowest BCUT2D eigenvalue weighted by Gasteiger charge is -2.21. The minimum Gasteiger partial charge on any atom is -0.381 e. The summed E-state index contributed by atoms with van der Waals surface area (Å²) in [6.45, 7) is 5.85. The summed E-state index contributed by atoms with van der Waals surface area (Å²) in [5, 5.41) is 4.94. The third-order valence-electron chi connectivity index (χ3n) is 3.24. The molecule has 0 spiro atoms. The molecule has 2 rings (SSSR count). The standard InChI is InChI=1S/C15H22ClNOS/c1-2-7-17-11-12-3-4-14(10-15(12)16)19-13-5-8-18-9-6-13/h3-4,10,13,17H,2,5-9,11H2,1H3. The Bertz CT molecular complexity index is 394. The van der Waals surface area contributed by atoms with Crippen LogP contribution in [0.25, 0.3) is 0 Å². The van der Waals surface area contributed by atoms with Crippen LogP contribution in [0.15, 0.2) is 23.1 Å². The summed E-state index contributed by atoms with van der Waals surface area (Å²) in [5.41, 5.74) is 1.19. The molecule has 1 aromatic carbocycles. The average Bonchev–Trinajstić information content (AvgIpc) is 2.43. The maximum Gasteiger partial charge on any atom is 0.0476 e. The first-order chi connectivity index (χ1) is 9.29. The monoisotopic (exact) mass is 299 g/mol. The van der Waals surface area contributed by atoms with Crippen LogP contribution in [-0.2, 0) is 11.3 Å². The van der Waals surface area contributed by atoms with Crippen LogP contribution >= 0.6 is 23.4 Å². The van der Waals surface area contributed by atoms with Crippen LogP contribution in [0.4, 0.5) is 0 Å². The Hall–Kier alpha value is -0.220. The van der Waals surface area contributed by atoms with Crippen molar-refractivity contribution in [2.75, 3.05) is 19.8 Å². The molecule has 4 heteroatoms. The minimum absolute atomic E-state index is 0.675. The van der Waals surface area contributed by atoms with Gasteiger partial charge in [0.15, 0.2) is 0 Å². The molecular weight excluding hydrogens is 278 g/mol. The van der Waals surface area contributed by atoms with Crippen molar-refractivity contribution in [3.63, 3.8) is 0 Å². The molecule has 0 aromatic heterocycles. The second kappa shape index (κ2) is 8.15. The molecule has 1 aliphatic heterocycles. The van der Waals surface area contributed by atoms with Gasteiger partial charge >= 0.3 is 0 Å². The zero-order valence-corrected chi connectivity index (χ0v) is 13.0. The van der Waals surface area contributed by atoms with E-state index in [-0.39, 0.29) is 0 Å². The smallest absolute Gasteiger partial charge is 0.0476 e. The van der Waals surface area contributed by atoms with Gasteiger partial charge in [-0.2, -0.15) is 0 Å². The van der Waals surface area contributed by atoms with Crippen molar-refractivity contribution >= 4 is 23.4 Å². The van der Waals surface area contributed by atoms with E-state index in [1.54, 1.807) is 0 Å². The molecule has 0 aliphatic carbocycles. The molecule has 0 radical (unpaired) electrons. The lowest BCUT2D eigenvalue weighted by atomic mass is 10.2. The van der Waals surface area contributed by atoms with Gasteiger partial charge in [-0.1, -0.05) is 24.6 Å². The summed E-state index contributed by atoms with van der Waals surface area (Å²) in [4.78, 5) is 1.27. The van der Waals surface area contributed by atoms with Crippen molar-refractivity contribution in [2.45, 2.75) is 42.9 Å². The topological polar surface area (TPSA) is 21.3 Å². The molecule has 0 saturated carbocycles. The summed E-state index contributed by atoms with van der Waals surface area (Å²) < 4.78 is 5.39. The van der Waals surface area contributed by atoms with Crippen LogP contribution in [0.3, 0.4) is 0 Å². The van der Waals surface area contributed by atoms with E-state index in [0.717, 1.165) is 50.6 Å². The molecule has 2 nitrogen and oxygen atoms in total. The Kier molecular flexibility index (Phi) is 6.51. The van der Waals surface area contributed by atoms with Crippen LogP contribution in [0.5, 0.6) is 0 Å². The highest BCUT2D eigenvalue weighted by molar-refractivity contribution is 8.00. The third kappa shape index (κ3) is 4.99. The first kappa shape index (κ1) is 15.2. The fourth-order valence-corrected chi connectivity index (χ4v) is 3.59. The molecule has 0 bridgehead atoms. The number of hydrogen-bond acceptors (Lipinski definition) is 3. The molecule has 0 atom stereocenters. The Morgan fingerprint density at radius 3 is 2.84 bits per heavy atom. The quantitative estimate of drug-likeness (QED) is 0.799. The zero-order valence-electron chi connectivity index (χ0n) is 11.5. The normalized spacial score (nSPS) is 16.7. The first-order valence-electron chi connectivity index (χ1n) is 7.03.